The predicted molar refractivity (Wildman–Crippen MR) is 118 cm³/mol. The molecule has 3 rings (SSSR count). The van der Waals surface area contributed by atoms with Gasteiger partial charge in [-0.25, -0.2) is 9.47 Å². The number of alkyl halides is 13. The van der Waals surface area contributed by atoms with Crippen LogP contribution in [0.3, 0.4) is 0 Å². The number of hydrogen-bond acceptors (Lipinski definition) is 3. The number of carbonyl (C=O) groups is 1. The summed E-state index contributed by atoms with van der Waals surface area (Å²) in [6.07, 6.45) is -28.0. The van der Waals surface area contributed by atoms with Crippen molar-refractivity contribution in [3.63, 3.8) is 0 Å². The van der Waals surface area contributed by atoms with E-state index in [4.69, 9.17) is 0 Å². The van der Waals surface area contributed by atoms with Gasteiger partial charge in [0.25, 0.3) is 5.91 Å². The second-order valence-corrected chi connectivity index (χ2v) is 8.33. The molecular formula is C25H14F13NO3. The fourth-order valence-electron chi connectivity index (χ4n) is 3.28. The van der Waals surface area contributed by atoms with Gasteiger partial charge in [-0.2, -0.15) is 43.9 Å². The standard InChI is InChI=1S/C25H14F13NO3/c26-20(27,22(30,31)41-23(32,33)21(28,29)24(34,35)42-25(36,37)38)17-7-4-8-18(13-17)39-19(40)16-11-9-15(10-12-16)14-5-2-1-3-6-14/h1-13H,(H,39,40). The van der Waals surface area contributed by atoms with Crippen LogP contribution in [0.4, 0.5) is 62.8 Å². The Balaban J connectivity index is 1.81. The first-order chi connectivity index (χ1) is 19.1. The van der Waals surface area contributed by atoms with E-state index in [2.05, 4.69) is 4.74 Å². The first kappa shape index (κ1) is 32.7. The molecule has 0 aromatic heterocycles. The smallest absolute Gasteiger partial charge is 0.322 e. The van der Waals surface area contributed by atoms with Crippen LogP contribution >= 0.6 is 0 Å². The number of amides is 1. The molecule has 17 heteroatoms. The number of hydrogen-bond donors (Lipinski definition) is 1. The Morgan fingerprint density at radius 2 is 1.10 bits per heavy atom. The van der Waals surface area contributed by atoms with Crippen LogP contribution in [0.15, 0.2) is 78.9 Å². The van der Waals surface area contributed by atoms with Crippen molar-refractivity contribution in [1.82, 2.24) is 0 Å². The van der Waals surface area contributed by atoms with Crippen molar-refractivity contribution < 1.29 is 71.3 Å². The number of carbonyl (C=O) groups excluding carboxylic acids is 1. The highest BCUT2D eigenvalue weighted by molar-refractivity contribution is 6.04. The lowest BCUT2D eigenvalue weighted by Gasteiger charge is -2.35. The summed E-state index contributed by atoms with van der Waals surface area (Å²) in [7, 11) is 0. The van der Waals surface area contributed by atoms with Gasteiger partial charge in [0.15, 0.2) is 0 Å². The first-order valence-corrected chi connectivity index (χ1v) is 11.0. The van der Waals surface area contributed by atoms with E-state index in [9.17, 15) is 61.9 Å². The van der Waals surface area contributed by atoms with Crippen LogP contribution in [-0.4, -0.2) is 36.5 Å². The van der Waals surface area contributed by atoms with E-state index < -0.39 is 53.7 Å². The Kier molecular flexibility index (Phi) is 8.62. The van der Waals surface area contributed by atoms with Crippen molar-refractivity contribution in [3.8, 4) is 11.1 Å². The van der Waals surface area contributed by atoms with Crippen molar-refractivity contribution in [2.75, 3.05) is 5.32 Å². The van der Waals surface area contributed by atoms with Gasteiger partial charge in [-0.3, -0.25) is 4.79 Å². The maximum absolute atomic E-state index is 14.5. The molecule has 0 aliphatic carbocycles. The third-order valence-corrected chi connectivity index (χ3v) is 5.33. The van der Waals surface area contributed by atoms with Gasteiger partial charge in [0.2, 0.25) is 0 Å². The Morgan fingerprint density at radius 3 is 1.64 bits per heavy atom. The molecule has 0 saturated carbocycles. The van der Waals surface area contributed by atoms with Gasteiger partial charge in [-0.15, -0.1) is 13.2 Å². The number of ether oxygens (including phenoxy) is 2. The van der Waals surface area contributed by atoms with Crippen LogP contribution in [0.2, 0.25) is 0 Å². The van der Waals surface area contributed by atoms with E-state index in [1.807, 2.05) is 5.32 Å². The van der Waals surface area contributed by atoms with E-state index >= 15 is 0 Å². The van der Waals surface area contributed by atoms with Gasteiger partial charge in [0.1, 0.15) is 0 Å². The summed E-state index contributed by atoms with van der Waals surface area (Å²) in [6.45, 7) is 0. The Hall–Kier alpha value is -3.86. The topological polar surface area (TPSA) is 47.6 Å². The quantitative estimate of drug-likeness (QED) is 0.230. The minimum atomic E-state index is -7.53. The molecule has 0 unspecified atom stereocenters. The molecular weight excluding hydrogens is 609 g/mol. The van der Waals surface area contributed by atoms with E-state index in [-0.39, 0.29) is 17.7 Å². The zero-order chi connectivity index (χ0) is 31.8. The molecule has 0 atom stereocenters. The molecule has 0 radical (unpaired) electrons. The van der Waals surface area contributed by atoms with Crippen LogP contribution in [0.5, 0.6) is 0 Å². The lowest BCUT2D eigenvalue weighted by atomic mass is 10.0. The molecule has 228 valence electrons. The second kappa shape index (κ2) is 11.1. The third kappa shape index (κ3) is 6.78. The van der Waals surface area contributed by atoms with Gasteiger partial charge in [-0.05, 0) is 35.4 Å². The molecule has 0 aliphatic rings. The molecule has 0 bridgehead atoms. The van der Waals surface area contributed by atoms with Crippen LogP contribution in [0.1, 0.15) is 15.9 Å². The largest absolute Gasteiger partial charge is 0.527 e. The SMILES string of the molecule is O=C(Nc1cccc(C(F)(F)C(F)(F)OC(F)(F)C(F)(F)C(F)(F)OC(F)(F)F)c1)c1ccc(-c2ccccc2)cc1. The lowest BCUT2D eigenvalue weighted by Crippen LogP contribution is -2.61. The van der Waals surface area contributed by atoms with Crippen molar-refractivity contribution >= 4 is 11.6 Å². The molecule has 0 fully saturated rings. The normalized spacial score (nSPS) is 13.6. The highest BCUT2D eigenvalue weighted by Gasteiger charge is 2.80. The number of anilines is 1. The molecule has 42 heavy (non-hydrogen) atoms. The minimum Gasteiger partial charge on any atom is -0.322 e. The number of halogens is 13. The summed E-state index contributed by atoms with van der Waals surface area (Å²) < 4.78 is 177. The van der Waals surface area contributed by atoms with Crippen LogP contribution in [0, 0.1) is 0 Å². The van der Waals surface area contributed by atoms with Crippen molar-refractivity contribution in [1.29, 1.82) is 0 Å². The maximum Gasteiger partial charge on any atom is 0.527 e. The lowest BCUT2D eigenvalue weighted by molar-refractivity contribution is -0.535. The molecule has 1 N–H and O–H groups in total. The summed E-state index contributed by atoms with van der Waals surface area (Å²) in [6, 6.07) is 16.2. The average molecular weight is 623 g/mol. The van der Waals surface area contributed by atoms with E-state index in [0.29, 0.717) is 11.6 Å². The van der Waals surface area contributed by atoms with Crippen molar-refractivity contribution in [2.24, 2.45) is 0 Å². The van der Waals surface area contributed by atoms with Gasteiger partial charge in [0.05, 0.1) is 0 Å². The predicted octanol–water partition coefficient (Wildman–Crippen LogP) is 8.66. The molecule has 0 aliphatic heterocycles. The number of benzene rings is 3. The molecule has 1 amide bonds. The van der Waals surface area contributed by atoms with E-state index in [0.717, 1.165) is 11.6 Å². The summed E-state index contributed by atoms with van der Waals surface area (Å²) in [5.74, 6) is -14.5. The Morgan fingerprint density at radius 1 is 0.571 bits per heavy atom. The number of rotatable bonds is 10. The summed E-state index contributed by atoms with van der Waals surface area (Å²) in [5, 5.41) is 2.05. The van der Waals surface area contributed by atoms with Crippen LogP contribution < -0.4 is 5.32 Å². The average Bonchev–Trinajstić information content (AvgIpc) is 2.87. The Labute approximate surface area is 226 Å². The van der Waals surface area contributed by atoms with E-state index in [1.165, 1.54) is 24.3 Å². The highest BCUT2D eigenvalue weighted by atomic mass is 19.4. The van der Waals surface area contributed by atoms with Gasteiger partial charge in [0, 0.05) is 16.8 Å². The summed E-state index contributed by atoms with van der Waals surface area (Å²) >= 11 is 0. The second-order valence-electron chi connectivity index (χ2n) is 8.33. The highest BCUT2D eigenvalue weighted by Crippen LogP contribution is 2.54. The van der Waals surface area contributed by atoms with E-state index in [1.54, 1.807) is 35.1 Å². The monoisotopic (exact) mass is 623 g/mol. The summed E-state index contributed by atoms with van der Waals surface area (Å²) in [4.78, 5) is 12.5. The van der Waals surface area contributed by atoms with Crippen LogP contribution in [0.25, 0.3) is 11.1 Å². The molecule has 3 aromatic carbocycles. The first-order valence-electron chi connectivity index (χ1n) is 11.0. The Bertz CT molecular complexity index is 1390. The molecule has 0 spiro atoms. The fraction of sp³-hybridized carbons (Fsp3) is 0.240. The van der Waals surface area contributed by atoms with Crippen LogP contribution in [-0.2, 0) is 15.4 Å². The zero-order valence-electron chi connectivity index (χ0n) is 20.1. The number of nitrogens with one attached hydrogen (secondary N) is 1. The molecule has 0 saturated heterocycles. The minimum absolute atomic E-state index is 0.0515. The van der Waals surface area contributed by atoms with Gasteiger partial charge in [-0.1, -0.05) is 54.6 Å². The van der Waals surface area contributed by atoms with Crippen molar-refractivity contribution in [3.05, 3.63) is 90.0 Å². The maximum atomic E-state index is 14.5. The van der Waals surface area contributed by atoms with Gasteiger partial charge >= 0.3 is 36.5 Å². The van der Waals surface area contributed by atoms with Gasteiger partial charge < -0.3 is 5.32 Å². The molecule has 0 heterocycles. The van der Waals surface area contributed by atoms with Crippen molar-refractivity contribution in [2.45, 2.75) is 36.5 Å². The molecule has 3 aromatic rings. The molecule has 4 nitrogen and oxygen atoms in total. The summed E-state index contributed by atoms with van der Waals surface area (Å²) in [5.41, 5.74) is -1.17. The fourth-order valence-corrected chi connectivity index (χ4v) is 3.28. The zero-order valence-corrected chi connectivity index (χ0v) is 20.1. The third-order valence-electron chi connectivity index (χ3n) is 5.33.